The van der Waals surface area contributed by atoms with E-state index < -0.39 is 0 Å². The normalized spacial score (nSPS) is 36.9. The van der Waals surface area contributed by atoms with Crippen molar-refractivity contribution in [2.45, 2.75) is 69.9 Å². The number of hydrogen-bond acceptors (Lipinski definition) is 2. The van der Waals surface area contributed by atoms with Gasteiger partial charge in [-0.25, -0.2) is 0 Å². The highest BCUT2D eigenvalue weighted by atomic mass is 15.0. The summed E-state index contributed by atoms with van der Waals surface area (Å²) < 4.78 is 0. The molecule has 0 heterocycles. The minimum atomic E-state index is -0.171. The SMILES string of the molecule is CCC1CCC(C#N)(NC2CCCC2)C1. The zero-order valence-corrected chi connectivity index (χ0v) is 9.76. The van der Waals surface area contributed by atoms with E-state index in [0.29, 0.717) is 6.04 Å². The summed E-state index contributed by atoms with van der Waals surface area (Å²) in [5.41, 5.74) is -0.171. The quantitative estimate of drug-likeness (QED) is 0.770. The highest BCUT2D eigenvalue weighted by Gasteiger charge is 2.40. The summed E-state index contributed by atoms with van der Waals surface area (Å²) in [7, 11) is 0. The Hall–Kier alpha value is -0.550. The van der Waals surface area contributed by atoms with Crippen LogP contribution in [0.25, 0.3) is 0 Å². The van der Waals surface area contributed by atoms with Gasteiger partial charge in [-0.05, 0) is 38.0 Å². The molecule has 0 aromatic heterocycles. The average molecular weight is 206 g/mol. The van der Waals surface area contributed by atoms with E-state index in [0.717, 1.165) is 18.8 Å². The molecule has 2 unspecified atom stereocenters. The molecular formula is C13H22N2. The number of hydrogen-bond donors (Lipinski definition) is 1. The van der Waals surface area contributed by atoms with E-state index in [1.54, 1.807) is 0 Å². The fourth-order valence-corrected chi connectivity index (χ4v) is 3.22. The van der Waals surface area contributed by atoms with Gasteiger partial charge in [0.2, 0.25) is 0 Å². The van der Waals surface area contributed by atoms with Crippen LogP contribution in [0.3, 0.4) is 0 Å². The van der Waals surface area contributed by atoms with Gasteiger partial charge in [0.25, 0.3) is 0 Å². The van der Waals surface area contributed by atoms with Gasteiger partial charge in [0.05, 0.1) is 6.07 Å². The molecule has 2 heteroatoms. The lowest BCUT2D eigenvalue weighted by Crippen LogP contribution is -2.46. The molecule has 0 aliphatic heterocycles. The molecule has 0 bridgehead atoms. The first-order valence-electron chi connectivity index (χ1n) is 6.47. The van der Waals surface area contributed by atoms with Crippen LogP contribution in [0.4, 0.5) is 0 Å². The molecular weight excluding hydrogens is 184 g/mol. The first-order valence-corrected chi connectivity index (χ1v) is 6.47. The van der Waals surface area contributed by atoms with Crippen LogP contribution in [0, 0.1) is 17.2 Å². The zero-order valence-electron chi connectivity index (χ0n) is 9.76. The van der Waals surface area contributed by atoms with Gasteiger partial charge in [0.1, 0.15) is 5.54 Å². The molecule has 1 N–H and O–H groups in total. The summed E-state index contributed by atoms with van der Waals surface area (Å²) in [5, 5.41) is 13.0. The molecule has 84 valence electrons. The molecule has 0 aromatic carbocycles. The maximum atomic E-state index is 9.38. The maximum Gasteiger partial charge on any atom is 0.107 e. The van der Waals surface area contributed by atoms with E-state index in [9.17, 15) is 5.26 Å². The second-order valence-corrected chi connectivity index (χ2v) is 5.34. The zero-order chi connectivity index (χ0) is 10.7. The van der Waals surface area contributed by atoms with E-state index >= 15 is 0 Å². The van der Waals surface area contributed by atoms with Crippen LogP contribution >= 0.6 is 0 Å². The average Bonchev–Trinajstić information content (AvgIpc) is 2.88. The molecule has 15 heavy (non-hydrogen) atoms. The van der Waals surface area contributed by atoms with Crippen molar-refractivity contribution in [3.8, 4) is 6.07 Å². The van der Waals surface area contributed by atoms with E-state index in [1.165, 1.54) is 38.5 Å². The predicted octanol–water partition coefficient (Wildman–Crippen LogP) is 2.99. The van der Waals surface area contributed by atoms with Crippen molar-refractivity contribution in [3.63, 3.8) is 0 Å². The van der Waals surface area contributed by atoms with Crippen molar-refractivity contribution in [3.05, 3.63) is 0 Å². The van der Waals surface area contributed by atoms with Crippen LogP contribution in [0.1, 0.15) is 58.3 Å². The van der Waals surface area contributed by atoms with Crippen molar-refractivity contribution in [1.29, 1.82) is 5.26 Å². The van der Waals surface area contributed by atoms with Gasteiger partial charge < -0.3 is 0 Å². The Morgan fingerprint density at radius 3 is 2.60 bits per heavy atom. The lowest BCUT2D eigenvalue weighted by atomic mass is 9.95. The molecule has 0 aromatic rings. The highest BCUT2D eigenvalue weighted by Crippen LogP contribution is 2.37. The number of nitrogens with zero attached hydrogens (tertiary/aromatic N) is 1. The monoisotopic (exact) mass is 206 g/mol. The predicted molar refractivity (Wildman–Crippen MR) is 61.4 cm³/mol. The Kier molecular flexibility index (Phi) is 3.31. The van der Waals surface area contributed by atoms with Crippen LogP contribution in [0.2, 0.25) is 0 Å². The van der Waals surface area contributed by atoms with Gasteiger partial charge >= 0.3 is 0 Å². The van der Waals surface area contributed by atoms with Crippen molar-refractivity contribution >= 4 is 0 Å². The van der Waals surface area contributed by atoms with Crippen LogP contribution in [-0.4, -0.2) is 11.6 Å². The smallest absolute Gasteiger partial charge is 0.107 e. The van der Waals surface area contributed by atoms with E-state index in [4.69, 9.17) is 0 Å². The van der Waals surface area contributed by atoms with Gasteiger partial charge in [0, 0.05) is 6.04 Å². The third kappa shape index (κ3) is 2.34. The topological polar surface area (TPSA) is 35.8 Å². The lowest BCUT2D eigenvalue weighted by Gasteiger charge is -2.27. The second kappa shape index (κ2) is 4.53. The molecule has 2 aliphatic carbocycles. The standard InChI is InChI=1S/C13H22N2/c1-2-11-7-8-13(9-11,10-14)15-12-5-3-4-6-12/h11-12,15H,2-9H2,1H3. The third-order valence-electron chi connectivity index (χ3n) is 4.24. The fraction of sp³-hybridized carbons (Fsp3) is 0.923. The van der Waals surface area contributed by atoms with Crippen LogP contribution in [-0.2, 0) is 0 Å². The van der Waals surface area contributed by atoms with Gasteiger partial charge in [-0.15, -0.1) is 0 Å². The molecule has 0 spiro atoms. The summed E-state index contributed by atoms with van der Waals surface area (Å²) in [6.45, 7) is 2.24. The van der Waals surface area contributed by atoms with E-state index in [-0.39, 0.29) is 5.54 Å². The van der Waals surface area contributed by atoms with E-state index in [2.05, 4.69) is 18.3 Å². The Bertz CT molecular complexity index is 250. The lowest BCUT2D eigenvalue weighted by molar-refractivity contribution is 0.347. The van der Waals surface area contributed by atoms with Crippen LogP contribution < -0.4 is 5.32 Å². The maximum absolute atomic E-state index is 9.38. The first-order chi connectivity index (χ1) is 7.28. The summed E-state index contributed by atoms with van der Waals surface area (Å²) in [4.78, 5) is 0. The highest BCUT2D eigenvalue weighted by molar-refractivity contribution is 5.12. The first kappa shape index (κ1) is 11.0. The van der Waals surface area contributed by atoms with Crippen molar-refractivity contribution < 1.29 is 0 Å². The van der Waals surface area contributed by atoms with Gasteiger partial charge in [-0.1, -0.05) is 26.2 Å². The summed E-state index contributed by atoms with van der Waals surface area (Å²) in [6, 6.07) is 3.18. The Balaban J connectivity index is 1.94. The molecule has 2 atom stereocenters. The minimum Gasteiger partial charge on any atom is -0.297 e. The van der Waals surface area contributed by atoms with Gasteiger partial charge in [0.15, 0.2) is 0 Å². The molecule has 0 saturated heterocycles. The van der Waals surface area contributed by atoms with Gasteiger partial charge in [-0.3, -0.25) is 5.32 Å². The van der Waals surface area contributed by atoms with E-state index in [1.807, 2.05) is 0 Å². The Morgan fingerprint density at radius 1 is 1.33 bits per heavy atom. The second-order valence-electron chi connectivity index (χ2n) is 5.34. The Morgan fingerprint density at radius 2 is 2.07 bits per heavy atom. The fourth-order valence-electron chi connectivity index (χ4n) is 3.22. The molecule has 2 aliphatic rings. The summed E-state index contributed by atoms with van der Waals surface area (Å²) >= 11 is 0. The van der Waals surface area contributed by atoms with Crippen molar-refractivity contribution in [2.24, 2.45) is 5.92 Å². The summed E-state index contributed by atoms with van der Waals surface area (Å²) in [5.74, 6) is 0.776. The van der Waals surface area contributed by atoms with Crippen molar-refractivity contribution in [1.82, 2.24) is 5.32 Å². The number of nitrogens with one attached hydrogen (secondary N) is 1. The molecule has 2 saturated carbocycles. The molecule has 2 nitrogen and oxygen atoms in total. The third-order valence-corrected chi connectivity index (χ3v) is 4.24. The molecule has 0 amide bonds. The van der Waals surface area contributed by atoms with Gasteiger partial charge in [-0.2, -0.15) is 5.26 Å². The Labute approximate surface area is 93.0 Å². The minimum absolute atomic E-state index is 0.171. The number of rotatable bonds is 3. The molecule has 0 radical (unpaired) electrons. The summed E-state index contributed by atoms with van der Waals surface area (Å²) in [6.07, 6.45) is 9.86. The van der Waals surface area contributed by atoms with Crippen LogP contribution in [0.15, 0.2) is 0 Å². The number of nitriles is 1. The molecule has 2 fully saturated rings. The largest absolute Gasteiger partial charge is 0.297 e. The van der Waals surface area contributed by atoms with Crippen molar-refractivity contribution in [2.75, 3.05) is 0 Å². The van der Waals surface area contributed by atoms with Crippen LogP contribution in [0.5, 0.6) is 0 Å². The molecule has 2 rings (SSSR count).